The first kappa shape index (κ1) is 12.5. The van der Waals surface area contributed by atoms with Crippen LogP contribution >= 0.6 is 0 Å². The highest BCUT2D eigenvalue weighted by molar-refractivity contribution is 4.81. The van der Waals surface area contributed by atoms with Crippen molar-refractivity contribution < 1.29 is 0 Å². The average Bonchev–Trinajstić information content (AvgIpc) is 2.28. The molecule has 0 heterocycles. The van der Waals surface area contributed by atoms with Crippen LogP contribution in [0.4, 0.5) is 0 Å². The Balaban J connectivity index is 2.06. The molecule has 1 fully saturated rings. The monoisotopic (exact) mass is 208 g/mol. The largest absolute Gasteiger partial charge is 0.313 e. The van der Waals surface area contributed by atoms with Gasteiger partial charge in [0.25, 0.3) is 0 Å². The molecule has 0 spiro atoms. The number of rotatable bonds is 7. The van der Waals surface area contributed by atoms with Crippen molar-refractivity contribution in [2.24, 2.45) is 5.92 Å². The maximum Gasteiger partial charge on any atom is 0.0134 e. The molecule has 0 aliphatic heterocycles. The molecule has 86 valence electrons. The molecule has 0 radical (unpaired) electrons. The van der Waals surface area contributed by atoms with E-state index in [1.54, 1.807) is 0 Å². The van der Waals surface area contributed by atoms with Gasteiger partial charge in [-0.2, -0.15) is 0 Å². The Bertz CT molecular complexity index is 181. The summed E-state index contributed by atoms with van der Waals surface area (Å²) < 4.78 is 0. The Hall–Kier alpha value is -0.600. The molecule has 1 rings (SSSR count). The lowest BCUT2D eigenvalue weighted by Crippen LogP contribution is -2.35. The molecule has 2 nitrogen and oxygen atoms in total. The highest BCUT2D eigenvalue weighted by Crippen LogP contribution is 2.23. The van der Waals surface area contributed by atoms with Crippen molar-refractivity contribution in [3.8, 4) is 0 Å². The minimum atomic E-state index is 0.721. The van der Waals surface area contributed by atoms with Crippen LogP contribution < -0.4 is 10.6 Å². The Kier molecular flexibility index (Phi) is 6.37. The third kappa shape index (κ3) is 5.14. The predicted octanol–water partition coefficient (Wildman–Crippen LogP) is 2.10. The molecule has 0 aromatic carbocycles. The molecular weight excluding hydrogens is 184 g/mol. The highest BCUT2D eigenvalue weighted by Gasteiger charge is 2.19. The molecule has 2 heteroatoms. The molecule has 1 saturated carbocycles. The van der Waals surface area contributed by atoms with Gasteiger partial charge in [-0.05, 0) is 38.1 Å². The van der Waals surface area contributed by atoms with Crippen molar-refractivity contribution in [2.75, 3.05) is 19.6 Å². The Morgan fingerprint density at radius 1 is 1.00 bits per heavy atom. The van der Waals surface area contributed by atoms with Crippen molar-refractivity contribution in [3.05, 3.63) is 25.3 Å². The minimum Gasteiger partial charge on any atom is -0.313 e. The summed E-state index contributed by atoms with van der Waals surface area (Å²) in [5, 5.41) is 6.91. The van der Waals surface area contributed by atoms with Crippen molar-refractivity contribution in [1.29, 1.82) is 0 Å². The zero-order valence-corrected chi connectivity index (χ0v) is 9.67. The normalized spacial score (nSPS) is 26.1. The molecule has 0 bridgehead atoms. The van der Waals surface area contributed by atoms with E-state index in [0.29, 0.717) is 0 Å². The Labute approximate surface area is 93.8 Å². The lowest BCUT2D eigenvalue weighted by Gasteiger charge is -2.29. The van der Waals surface area contributed by atoms with Crippen LogP contribution in [-0.4, -0.2) is 25.7 Å². The van der Waals surface area contributed by atoms with E-state index >= 15 is 0 Å². The molecule has 0 unspecified atom stereocenters. The second kappa shape index (κ2) is 7.66. The third-order valence-electron chi connectivity index (χ3n) is 3.12. The SMILES string of the molecule is C=CCNCC1CCC(NCC=C)CC1. The van der Waals surface area contributed by atoms with E-state index in [4.69, 9.17) is 0 Å². The highest BCUT2D eigenvalue weighted by atomic mass is 14.9. The molecule has 2 N–H and O–H groups in total. The topological polar surface area (TPSA) is 24.1 Å². The summed E-state index contributed by atoms with van der Waals surface area (Å²) in [5.74, 6) is 0.867. The van der Waals surface area contributed by atoms with Gasteiger partial charge in [0.2, 0.25) is 0 Å². The van der Waals surface area contributed by atoms with Gasteiger partial charge >= 0.3 is 0 Å². The summed E-state index contributed by atoms with van der Waals surface area (Å²) >= 11 is 0. The number of hydrogen-bond donors (Lipinski definition) is 2. The molecule has 0 amide bonds. The van der Waals surface area contributed by atoms with Crippen molar-refractivity contribution >= 4 is 0 Å². The van der Waals surface area contributed by atoms with E-state index in [1.807, 2.05) is 12.2 Å². The molecule has 0 aromatic rings. The van der Waals surface area contributed by atoms with Gasteiger partial charge in [-0.25, -0.2) is 0 Å². The van der Waals surface area contributed by atoms with E-state index in [9.17, 15) is 0 Å². The molecule has 0 atom stereocenters. The van der Waals surface area contributed by atoms with Gasteiger partial charge in [-0.3, -0.25) is 0 Å². The summed E-state index contributed by atoms with van der Waals surface area (Å²) in [7, 11) is 0. The van der Waals surface area contributed by atoms with E-state index in [0.717, 1.165) is 31.6 Å². The number of hydrogen-bond acceptors (Lipinski definition) is 2. The van der Waals surface area contributed by atoms with E-state index in [-0.39, 0.29) is 0 Å². The lowest BCUT2D eigenvalue weighted by molar-refractivity contribution is 0.291. The first-order valence-electron chi connectivity index (χ1n) is 6.02. The minimum absolute atomic E-state index is 0.721. The van der Waals surface area contributed by atoms with Gasteiger partial charge in [-0.15, -0.1) is 13.2 Å². The van der Waals surface area contributed by atoms with E-state index in [1.165, 1.54) is 25.7 Å². The average molecular weight is 208 g/mol. The van der Waals surface area contributed by atoms with Crippen LogP contribution in [0, 0.1) is 5.92 Å². The Morgan fingerprint density at radius 2 is 1.67 bits per heavy atom. The fourth-order valence-corrected chi connectivity index (χ4v) is 2.21. The molecule has 0 saturated heterocycles. The van der Waals surface area contributed by atoms with Gasteiger partial charge in [-0.1, -0.05) is 12.2 Å². The van der Waals surface area contributed by atoms with Crippen LogP contribution in [0.2, 0.25) is 0 Å². The molecule has 0 aromatic heterocycles. The maximum atomic E-state index is 3.73. The summed E-state index contributed by atoms with van der Waals surface area (Å²) in [6.07, 6.45) is 9.19. The van der Waals surface area contributed by atoms with Crippen LogP contribution in [-0.2, 0) is 0 Å². The lowest BCUT2D eigenvalue weighted by atomic mass is 9.86. The van der Waals surface area contributed by atoms with Crippen LogP contribution in [0.3, 0.4) is 0 Å². The summed E-state index contributed by atoms with van der Waals surface area (Å²) in [6.45, 7) is 10.5. The van der Waals surface area contributed by atoms with Crippen LogP contribution in [0.5, 0.6) is 0 Å². The maximum absolute atomic E-state index is 3.73. The third-order valence-corrected chi connectivity index (χ3v) is 3.12. The van der Waals surface area contributed by atoms with Gasteiger partial charge in [0, 0.05) is 19.1 Å². The van der Waals surface area contributed by atoms with Crippen LogP contribution in [0.15, 0.2) is 25.3 Å². The van der Waals surface area contributed by atoms with Gasteiger partial charge in [0.15, 0.2) is 0 Å². The van der Waals surface area contributed by atoms with E-state index < -0.39 is 0 Å². The second-order valence-electron chi connectivity index (χ2n) is 4.36. The molecule has 15 heavy (non-hydrogen) atoms. The predicted molar refractivity (Wildman–Crippen MR) is 67.0 cm³/mol. The zero-order valence-electron chi connectivity index (χ0n) is 9.67. The van der Waals surface area contributed by atoms with E-state index in [2.05, 4.69) is 23.8 Å². The number of nitrogens with one attached hydrogen (secondary N) is 2. The van der Waals surface area contributed by atoms with Gasteiger partial charge in [0.05, 0.1) is 0 Å². The van der Waals surface area contributed by atoms with Gasteiger partial charge < -0.3 is 10.6 Å². The summed E-state index contributed by atoms with van der Waals surface area (Å²) in [4.78, 5) is 0. The fourth-order valence-electron chi connectivity index (χ4n) is 2.21. The Morgan fingerprint density at radius 3 is 2.27 bits per heavy atom. The zero-order chi connectivity index (χ0) is 10.9. The standard InChI is InChI=1S/C13H24N2/c1-3-9-14-11-12-5-7-13(8-6-12)15-10-4-2/h3-4,12-15H,1-2,5-11H2. The quantitative estimate of drug-likeness (QED) is 0.494. The van der Waals surface area contributed by atoms with Gasteiger partial charge in [0.1, 0.15) is 0 Å². The van der Waals surface area contributed by atoms with Crippen LogP contribution in [0.1, 0.15) is 25.7 Å². The van der Waals surface area contributed by atoms with Crippen molar-refractivity contribution in [2.45, 2.75) is 31.7 Å². The smallest absolute Gasteiger partial charge is 0.0134 e. The fraction of sp³-hybridized carbons (Fsp3) is 0.692. The molecule has 1 aliphatic rings. The first-order valence-corrected chi connectivity index (χ1v) is 6.02. The first-order chi connectivity index (χ1) is 7.36. The molecule has 1 aliphatic carbocycles. The second-order valence-corrected chi connectivity index (χ2v) is 4.36. The van der Waals surface area contributed by atoms with Crippen LogP contribution in [0.25, 0.3) is 0 Å². The molecular formula is C13H24N2. The van der Waals surface area contributed by atoms with Crippen molar-refractivity contribution in [3.63, 3.8) is 0 Å². The van der Waals surface area contributed by atoms with Crippen molar-refractivity contribution in [1.82, 2.24) is 10.6 Å². The summed E-state index contributed by atoms with van der Waals surface area (Å²) in [6, 6.07) is 0.721. The summed E-state index contributed by atoms with van der Waals surface area (Å²) in [5.41, 5.74) is 0.